The monoisotopic (exact) mass is 210 g/mol. The molecule has 3 nitrogen and oxygen atoms in total. The quantitative estimate of drug-likeness (QED) is 0.747. The molecule has 2 unspecified atom stereocenters. The molecule has 15 heavy (non-hydrogen) atoms. The maximum absolute atomic E-state index is 11.0. The zero-order chi connectivity index (χ0) is 10.8. The average Bonchev–Trinajstić information content (AvgIpc) is 1.96. The Bertz CT molecular complexity index is 238. The van der Waals surface area contributed by atoms with Crippen LogP contribution in [0.3, 0.4) is 0 Å². The lowest BCUT2D eigenvalue weighted by atomic mass is 9.87. The van der Waals surface area contributed by atoms with Crippen LogP contribution in [0, 0.1) is 5.92 Å². The molecule has 2 fully saturated rings. The Balaban J connectivity index is 1.88. The summed E-state index contributed by atoms with van der Waals surface area (Å²) in [5, 5.41) is 3.06. The van der Waals surface area contributed by atoms with Crippen LogP contribution in [0.2, 0.25) is 0 Å². The summed E-state index contributed by atoms with van der Waals surface area (Å²) >= 11 is 0. The second-order valence-electron chi connectivity index (χ2n) is 5.28. The van der Waals surface area contributed by atoms with Gasteiger partial charge < -0.3 is 5.32 Å². The van der Waals surface area contributed by atoms with E-state index in [1.165, 1.54) is 25.8 Å². The van der Waals surface area contributed by atoms with Crippen LogP contribution in [-0.2, 0) is 4.79 Å². The number of amides is 1. The average molecular weight is 210 g/mol. The maximum atomic E-state index is 11.0. The number of carbonyl (C=O) groups is 1. The highest BCUT2D eigenvalue weighted by atomic mass is 16.1. The summed E-state index contributed by atoms with van der Waals surface area (Å²) < 4.78 is 0. The van der Waals surface area contributed by atoms with Crippen molar-refractivity contribution < 1.29 is 4.79 Å². The van der Waals surface area contributed by atoms with Crippen LogP contribution in [0.15, 0.2) is 0 Å². The highest BCUT2D eigenvalue weighted by molar-refractivity contribution is 5.73. The molecule has 1 heterocycles. The lowest BCUT2D eigenvalue weighted by Gasteiger charge is -2.44. The standard InChI is InChI=1S/C12H22N2O/c1-9-6-11(13-10(2)15)8-14(7-9)12-4-3-5-12/h9,11-12H,3-8H2,1-2H3,(H,13,15). The molecular formula is C12H22N2O. The summed E-state index contributed by atoms with van der Waals surface area (Å²) in [5.41, 5.74) is 0. The molecule has 1 aliphatic heterocycles. The molecule has 0 bridgehead atoms. The summed E-state index contributed by atoms with van der Waals surface area (Å²) in [4.78, 5) is 13.6. The number of hydrogen-bond acceptors (Lipinski definition) is 2. The van der Waals surface area contributed by atoms with Crippen LogP contribution >= 0.6 is 0 Å². The molecule has 2 rings (SSSR count). The molecule has 1 N–H and O–H groups in total. The number of hydrogen-bond donors (Lipinski definition) is 1. The second kappa shape index (κ2) is 4.52. The fourth-order valence-corrected chi connectivity index (χ4v) is 2.83. The third-order valence-electron chi connectivity index (χ3n) is 3.69. The van der Waals surface area contributed by atoms with Crippen molar-refractivity contribution >= 4 is 5.91 Å². The smallest absolute Gasteiger partial charge is 0.217 e. The molecule has 0 aromatic heterocycles. The van der Waals surface area contributed by atoms with Gasteiger partial charge in [0.1, 0.15) is 0 Å². The largest absolute Gasteiger partial charge is 0.352 e. The van der Waals surface area contributed by atoms with Crippen molar-refractivity contribution in [2.24, 2.45) is 5.92 Å². The number of likely N-dealkylation sites (tertiary alicyclic amines) is 1. The first-order chi connectivity index (χ1) is 7.15. The Labute approximate surface area is 92.2 Å². The Morgan fingerprint density at radius 1 is 1.33 bits per heavy atom. The minimum absolute atomic E-state index is 0.114. The van der Waals surface area contributed by atoms with E-state index in [-0.39, 0.29) is 5.91 Å². The zero-order valence-corrected chi connectivity index (χ0v) is 9.83. The van der Waals surface area contributed by atoms with Crippen molar-refractivity contribution in [3.63, 3.8) is 0 Å². The highest BCUT2D eigenvalue weighted by Gasteiger charge is 2.32. The van der Waals surface area contributed by atoms with Crippen molar-refractivity contribution in [2.45, 2.75) is 51.6 Å². The number of nitrogens with zero attached hydrogens (tertiary/aromatic N) is 1. The normalized spacial score (nSPS) is 33.5. The molecule has 2 atom stereocenters. The van der Waals surface area contributed by atoms with E-state index in [1.807, 2.05) is 0 Å². The van der Waals surface area contributed by atoms with Gasteiger partial charge >= 0.3 is 0 Å². The lowest BCUT2D eigenvalue weighted by Crippen LogP contribution is -2.54. The van der Waals surface area contributed by atoms with E-state index in [2.05, 4.69) is 17.1 Å². The molecule has 2 aliphatic rings. The van der Waals surface area contributed by atoms with Crippen molar-refractivity contribution in [3.8, 4) is 0 Å². The van der Waals surface area contributed by atoms with Gasteiger partial charge in [-0.1, -0.05) is 13.3 Å². The molecule has 1 saturated heterocycles. The Morgan fingerprint density at radius 2 is 2.07 bits per heavy atom. The van der Waals surface area contributed by atoms with Crippen LogP contribution in [-0.4, -0.2) is 36.0 Å². The third kappa shape index (κ3) is 2.71. The summed E-state index contributed by atoms with van der Waals surface area (Å²) in [6.07, 6.45) is 5.25. The van der Waals surface area contributed by atoms with Gasteiger partial charge in [0.2, 0.25) is 5.91 Å². The van der Waals surface area contributed by atoms with Gasteiger partial charge in [0.05, 0.1) is 0 Å². The molecule has 1 aliphatic carbocycles. The number of rotatable bonds is 2. The maximum Gasteiger partial charge on any atom is 0.217 e. The minimum atomic E-state index is 0.114. The highest BCUT2D eigenvalue weighted by Crippen LogP contribution is 2.28. The number of carbonyl (C=O) groups excluding carboxylic acids is 1. The Hall–Kier alpha value is -0.570. The van der Waals surface area contributed by atoms with E-state index < -0.39 is 0 Å². The SMILES string of the molecule is CC(=O)NC1CC(C)CN(C2CCC2)C1. The van der Waals surface area contributed by atoms with Crippen LogP contribution in [0.1, 0.15) is 39.5 Å². The molecular weight excluding hydrogens is 188 g/mol. The van der Waals surface area contributed by atoms with Gasteiger partial charge in [-0.05, 0) is 25.2 Å². The van der Waals surface area contributed by atoms with E-state index in [1.54, 1.807) is 6.92 Å². The Kier molecular flexibility index (Phi) is 3.29. The van der Waals surface area contributed by atoms with Crippen LogP contribution in [0.25, 0.3) is 0 Å². The molecule has 3 heteroatoms. The van der Waals surface area contributed by atoms with Gasteiger partial charge in [-0.3, -0.25) is 9.69 Å². The first-order valence-corrected chi connectivity index (χ1v) is 6.16. The van der Waals surface area contributed by atoms with Gasteiger partial charge in [0, 0.05) is 32.1 Å². The minimum Gasteiger partial charge on any atom is -0.352 e. The van der Waals surface area contributed by atoms with E-state index in [4.69, 9.17) is 0 Å². The summed E-state index contributed by atoms with van der Waals surface area (Å²) in [5.74, 6) is 0.832. The Morgan fingerprint density at radius 3 is 2.60 bits per heavy atom. The van der Waals surface area contributed by atoms with Crippen LogP contribution in [0.5, 0.6) is 0 Å². The fraction of sp³-hybridized carbons (Fsp3) is 0.917. The van der Waals surface area contributed by atoms with Gasteiger partial charge in [-0.15, -0.1) is 0 Å². The summed E-state index contributed by atoms with van der Waals surface area (Å²) in [6.45, 7) is 6.20. The van der Waals surface area contributed by atoms with Gasteiger partial charge in [-0.25, -0.2) is 0 Å². The van der Waals surface area contributed by atoms with E-state index in [0.29, 0.717) is 6.04 Å². The molecule has 86 valence electrons. The molecule has 0 radical (unpaired) electrons. The fourth-order valence-electron chi connectivity index (χ4n) is 2.83. The predicted molar refractivity (Wildman–Crippen MR) is 60.6 cm³/mol. The number of piperidine rings is 1. The molecule has 1 saturated carbocycles. The van der Waals surface area contributed by atoms with Gasteiger partial charge in [0.25, 0.3) is 0 Å². The van der Waals surface area contributed by atoms with Crippen LogP contribution < -0.4 is 5.32 Å². The zero-order valence-electron chi connectivity index (χ0n) is 9.83. The van der Waals surface area contributed by atoms with Gasteiger partial charge in [0.15, 0.2) is 0 Å². The van der Waals surface area contributed by atoms with Crippen molar-refractivity contribution in [1.29, 1.82) is 0 Å². The van der Waals surface area contributed by atoms with Crippen molar-refractivity contribution in [1.82, 2.24) is 10.2 Å². The second-order valence-corrected chi connectivity index (χ2v) is 5.28. The predicted octanol–water partition coefficient (Wildman–Crippen LogP) is 1.39. The molecule has 0 spiro atoms. The van der Waals surface area contributed by atoms with Crippen molar-refractivity contribution in [2.75, 3.05) is 13.1 Å². The van der Waals surface area contributed by atoms with Crippen molar-refractivity contribution in [3.05, 3.63) is 0 Å². The molecule has 0 aromatic carbocycles. The van der Waals surface area contributed by atoms with E-state index in [0.717, 1.165) is 24.9 Å². The van der Waals surface area contributed by atoms with E-state index in [9.17, 15) is 4.79 Å². The third-order valence-corrected chi connectivity index (χ3v) is 3.69. The van der Waals surface area contributed by atoms with Gasteiger partial charge in [-0.2, -0.15) is 0 Å². The summed E-state index contributed by atoms with van der Waals surface area (Å²) in [7, 11) is 0. The first kappa shape index (κ1) is 10.9. The molecule has 0 aromatic rings. The van der Waals surface area contributed by atoms with E-state index >= 15 is 0 Å². The molecule has 1 amide bonds. The lowest BCUT2D eigenvalue weighted by molar-refractivity contribution is -0.120. The number of nitrogens with one attached hydrogen (secondary N) is 1. The van der Waals surface area contributed by atoms with Crippen LogP contribution in [0.4, 0.5) is 0 Å². The first-order valence-electron chi connectivity index (χ1n) is 6.16. The topological polar surface area (TPSA) is 32.3 Å². The summed E-state index contributed by atoms with van der Waals surface area (Å²) in [6, 6.07) is 1.19.